The molecular weight excluding hydrogens is 228 g/mol. The molecule has 0 heterocycles. The first kappa shape index (κ1) is 13.8. The maximum absolute atomic E-state index is 12.2. The van der Waals surface area contributed by atoms with Gasteiger partial charge in [0.05, 0.1) is 12.0 Å². The lowest BCUT2D eigenvalue weighted by Crippen LogP contribution is -2.34. The monoisotopic (exact) mass is 246 g/mol. The highest BCUT2D eigenvalue weighted by atomic mass is 16.2. The Kier molecular flexibility index (Phi) is 4.55. The fraction of sp³-hybridized carbons (Fsp3) is 0.385. The van der Waals surface area contributed by atoms with Crippen molar-refractivity contribution >= 4 is 17.3 Å². The predicted octanol–water partition coefficient (Wildman–Crippen LogP) is 1.47. The number of amides is 1. The summed E-state index contributed by atoms with van der Waals surface area (Å²) in [5.41, 5.74) is 12.7. The molecule has 1 aromatic carbocycles. The smallest absolute Gasteiger partial charge is 0.254 e. The van der Waals surface area contributed by atoms with E-state index in [1.165, 1.54) is 0 Å². The van der Waals surface area contributed by atoms with Crippen LogP contribution in [0.25, 0.3) is 0 Å². The molecule has 0 aliphatic rings. The Morgan fingerprint density at radius 2 is 1.94 bits per heavy atom. The van der Waals surface area contributed by atoms with Gasteiger partial charge in [-0.25, -0.2) is 0 Å². The molecule has 5 nitrogen and oxygen atoms in total. The fourth-order valence-corrected chi connectivity index (χ4v) is 1.71. The maximum atomic E-state index is 12.2. The molecule has 1 rings (SSSR count). The number of benzene rings is 1. The quantitative estimate of drug-likeness (QED) is 0.786. The lowest BCUT2D eigenvalue weighted by molar-refractivity contribution is 0.0753. The first-order valence-corrected chi connectivity index (χ1v) is 5.82. The van der Waals surface area contributed by atoms with Crippen molar-refractivity contribution in [2.45, 2.75) is 13.8 Å². The normalized spacial score (nSPS) is 11.6. The predicted molar refractivity (Wildman–Crippen MR) is 71.6 cm³/mol. The highest BCUT2D eigenvalue weighted by molar-refractivity contribution is 5.96. The summed E-state index contributed by atoms with van der Waals surface area (Å²) in [7, 11) is 0. The first-order valence-electron chi connectivity index (χ1n) is 5.82. The van der Waals surface area contributed by atoms with E-state index in [1.807, 2.05) is 6.92 Å². The van der Waals surface area contributed by atoms with Gasteiger partial charge in [-0.1, -0.05) is 0 Å². The van der Waals surface area contributed by atoms with Gasteiger partial charge in [0, 0.05) is 30.0 Å². The highest BCUT2D eigenvalue weighted by Crippen LogP contribution is 2.16. The second kappa shape index (κ2) is 5.92. The van der Waals surface area contributed by atoms with E-state index in [9.17, 15) is 4.79 Å². The van der Waals surface area contributed by atoms with Crippen LogP contribution in [-0.4, -0.2) is 23.9 Å². The lowest BCUT2D eigenvalue weighted by Gasteiger charge is -2.22. The summed E-state index contributed by atoms with van der Waals surface area (Å²) in [6.45, 7) is 4.60. The van der Waals surface area contributed by atoms with Gasteiger partial charge in [0.15, 0.2) is 0 Å². The van der Waals surface area contributed by atoms with Crippen LogP contribution in [0.3, 0.4) is 0 Å². The second-order valence-electron chi connectivity index (χ2n) is 4.26. The minimum Gasteiger partial charge on any atom is -0.399 e. The van der Waals surface area contributed by atoms with Crippen LogP contribution in [0.15, 0.2) is 18.2 Å². The Labute approximate surface area is 107 Å². The zero-order chi connectivity index (χ0) is 13.7. The van der Waals surface area contributed by atoms with Crippen LogP contribution in [0, 0.1) is 17.2 Å². The number of anilines is 2. The second-order valence-corrected chi connectivity index (χ2v) is 4.26. The van der Waals surface area contributed by atoms with Gasteiger partial charge in [-0.15, -0.1) is 0 Å². The molecule has 4 N–H and O–H groups in total. The Bertz CT molecular complexity index is 458. The molecule has 1 amide bonds. The molecule has 5 heteroatoms. The minimum atomic E-state index is -0.202. The molecule has 0 aliphatic heterocycles. The number of nitrogens with two attached hydrogens (primary N) is 2. The number of hydrogen-bond donors (Lipinski definition) is 2. The van der Waals surface area contributed by atoms with E-state index in [0.717, 1.165) is 0 Å². The number of nitriles is 1. The number of nitrogen functional groups attached to an aromatic ring is 2. The molecule has 0 saturated heterocycles. The third kappa shape index (κ3) is 3.39. The standard InChI is InChI=1S/C13H18N4O/c1-3-17(8-9(2)7-14)13(18)10-4-11(15)6-12(16)5-10/h4-6,9H,3,8,15-16H2,1-2H3. The van der Waals surface area contributed by atoms with Crippen molar-refractivity contribution in [1.82, 2.24) is 4.90 Å². The highest BCUT2D eigenvalue weighted by Gasteiger charge is 2.17. The van der Waals surface area contributed by atoms with Crippen LogP contribution in [0.2, 0.25) is 0 Å². The van der Waals surface area contributed by atoms with Crippen LogP contribution in [0.4, 0.5) is 11.4 Å². The third-order valence-electron chi connectivity index (χ3n) is 2.61. The molecular formula is C13H18N4O. The van der Waals surface area contributed by atoms with Gasteiger partial charge in [-0.2, -0.15) is 5.26 Å². The van der Waals surface area contributed by atoms with Crippen molar-refractivity contribution in [1.29, 1.82) is 5.26 Å². The summed E-state index contributed by atoms with van der Waals surface area (Å²) < 4.78 is 0. The zero-order valence-corrected chi connectivity index (χ0v) is 10.7. The van der Waals surface area contributed by atoms with E-state index in [2.05, 4.69) is 6.07 Å². The number of hydrogen-bond acceptors (Lipinski definition) is 4. The summed E-state index contributed by atoms with van der Waals surface area (Å²) in [5.74, 6) is -0.356. The first-order chi connectivity index (χ1) is 8.47. The van der Waals surface area contributed by atoms with Crippen LogP contribution < -0.4 is 11.5 Å². The van der Waals surface area contributed by atoms with Crippen molar-refractivity contribution in [3.05, 3.63) is 23.8 Å². The molecule has 1 aromatic rings. The summed E-state index contributed by atoms with van der Waals surface area (Å²) in [5, 5.41) is 8.79. The molecule has 0 spiro atoms. The Morgan fingerprint density at radius 1 is 1.39 bits per heavy atom. The summed E-state index contributed by atoms with van der Waals surface area (Å²) in [6.07, 6.45) is 0. The molecule has 0 aromatic heterocycles. The SMILES string of the molecule is CCN(CC(C)C#N)C(=O)c1cc(N)cc(N)c1. The van der Waals surface area contributed by atoms with Crippen molar-refractivity contribution in [3.8, 4) is 6.07 Å². The van der Waals surface area contributed by atoms with Gasteiger partial charge in [0.1, 0.15) is 0 Å². The minimum absolute atomic E-state index is 0.154. The molecule has 0 fully saturated rings. The molecule has 18 heavy (non-hydrogen) atoms. The van der Waals surface area contributed by atoms with Crippen molar-refractivity contribution in [2.24, 2.45) is 5.92 Å². The number of rotatable bonds is 4. The average Bonchev–Trinajstić information content (AvgIpc) is 2.33. The summed E-state index contributed by atoms with van der Waals surface area (Å²) >= 11 is 0. The molecule has 96 valence electrons. The largest absolute Gasteiger partial charge is 0.399 e. The Morgan fingerprint density at radius 3 is 2.39 bits per heavy atom. The van der Waals surface area contributed by atoms with Crippen LogP contribution in [-0.2, 0) is 0 Å². The molecule has 0 aliphatic carbocycles. The molecule has 0 radical (unpaired) electrons. The van der Waals surface area contributed by atoms with Gasteiger partial charge in [0.25, 0.3) is 5.91 Å². The van der Waals surface area contributed by atoms with E-state index >= 15 is 0 Å². The third-order valence-corrected chi connectivity index (χ3v) is 2.61. The van der Waals surface area contributed by atoms with Crippen molar-refractivity contribution in [3.63, 3.8) is 0 Å². The molecule has 0 bridgehead atoms. The number of carbonyl (C=O) groups excluding carboxylic acids is 1. The van der Waals surface area contributed by atoms with Gasteiger partial charge < -0.3 is 16.4 Å². The number of nitrogens with zero attached hydrogens (tertiary/aromatic N) is 2. The molecule has 1 unspecified atom stereocenters. The summed E-state index contributed by atoms with van der Waals surface area (Å²) in [4.78, 5) is 13.9. The van der Waals surface area contributed by atoms with E-state index in [1.54, 1.807) is 30.0 Å². The van der Waals surface area contributed by atoms with Gasteiger partial charge >= 0.3 is 0 Å². The van der Waals surface area contributed by atoms with Gasteiger partial charge in [-0.05, 0) is 32.0 Å². The van der Waals surface area contributed by atoms with Crippen LogP contribution >= 0.6 is 0 Å². The van der Waals surface area contributed by atoms with Crippen molar-refractivity contribution in [2.75, 3.05) is 24.6 Å². The Hall–Kier alpha value is -2.22. The number of carbonyl (C=O) groups is 1. The maximum Gasteiger partial charge on any atom is 0.254 e. The van der Waals surface area contributed by atoms with Crippen molar-refractivity contribution < 1.29 is 4.79 Å². The zero-order valence-electron chi connectivity index (χ0n) is 10.7. The van der Waals surface area contributed by atoms with E-state index < -0.39 is 0 Å². The molecule has 0 saturated carbocycles. The Balaban J connectivity index is 2.93. The topological polar surface area (TPSA) is 96.1 Å². The van der Waals surface area contributed by atoms with Crippen LogP contribution in [0.5, 0.6) is 0 Å². The fourth-order valence-electron chi connectivity index (χ4n) is 1.71. The van der Waals surface area contributed by atoms with E-state index in [0.29, 0.717) is 30.0 Å². The lowest BCUT2D eigenvalue weighted by atomic mass is 10.1. The van der Waals surface area contributed by atoms with Crippen LogP contribution in [0.1, 0.15) is 24.2 Å². The molecule has 1 atom stereocenters. The van der Waals surface area contributed by atoms with Gasteiger partial charge in [-0.3, -0.25) is 4.79 Å². The van der Waals surface area contributed by atoms with E-state index in [4.69, 9.17) is 16.7 Å². The summed E-state index contributed by atoms with van der Waals surface area (Å²) in [6, 6.07) is 6.91. The van der Waals surface area contributed by atoms with E-state index in [-0.39, 0.29) is 11.8 Å². The van der Waals surface area contributed by atoms with Gasteiger partial charge in [0.2, 0.25) is 0 Å². The average molecular weight is 246 g/mol.